The number of amides is 2. The summed E-state index contributed by atoms with van der Waals surface area (Å²) in [5, 5.41) is 2.90. The van der Waals surface area contributed by atoms with Gasteiger partial charge in [0, 0.05) is 51.5 Å². The molecule has 10 heteroatoms. The van der Waals surface area contributed by atoms with Gasteiger partial charge in [0.25, 0.3) is 0 Å². The van der Waals surface area contributed by atoms with Crippen LogP contribution >= 0.6 is 0 Å². The first kappa shape index (κ1) is 93.2. The predicted molar refractivity (Wildman–Crippen MR) is 373 cm³/mol. The van der Waals surface area contributed by atoms with Crippen molar-refractivity contribution in [3.63, 3.8) is 0 Å². The second-order valence-corrected chi connectivity index (χ2v) is 27.8. The highest BCUT2D eigenvalue weighted by atomic mass is 16.5. The van der Waals surface area contributed by atoms with E-state index in [0.29, 0.717) is 36.0 Å². The fourth-order valence-electron chi connectivity index (χ4n) is 8.88. The maximum absolute atomic E-state index is 11.2. The van der Waals surface area contributed by atoms with Gasteiger partial charge >= 0.3 is 0 Å². The van der Waals surface area contributed by atoms with Gasteiger partial charge in [-0.1, -0.05) is 258 Å². The molecule has 0 aliphatic carbocycles. The van der Waals surface area contributed by atoms with Crippen LogP contribution in [0.3, 0.4) is 0 Å². The maximum Gasteiger partial charge on any atom is 0.219 e. The summed E-state index contributed by atoms with van der Waals surface area (Å²) in [6.07, 6.45) is 44.9. The number of rotatable bonds is 47. The molecule has 1 aliphatic heterocycles. The molecule has 0 saturated carbocycles. The van der Waals surface area contributed by atoms with Crippen LogP contribution in [0.1, 0.15) is 382 Å². The number of Topliss-reactive ketones (excluding diaryl/α,β-unsaturated/α-hetero) is 4. The molecule has 3 N–H and O–H groups in total. The van der Waals surface area contributed by atoms with Crippen molar-refractivity contribution in [2.75, 3.05) is 19.7 Å². The number of nitrogens with two attached hydrogens (primary N) is 1. The smallest absolute Gasteiger partial charge is 0.219 e. The van der Waals surface area contributed by atoms with Crippen molar-refractivity contribution in [3.8, 4) is 0 Å². The van der Waals surface area contributed by atoms with E-state index in [-0.39, 0.29) is 11.8 Å². The van der Waals surface area contributed by atoms with E-state index in [9.17, 15) is 28.8 Å². The molecular formula is C75H151N3O7. The molecule has 2 amide bonds. The number of nitrogens with zero attached hydrogens (tertiary/aromatic N) is 1. The molecule has 1 heterocycles. The summed E-state index contributed by atoms with van der Waals surface area (Å²) in [6, 6.07) is 0. The standard InChI is InChI=1S/C13H27NO.C12H23NO.2C11H22O.C10H21NO.2C9H18O/c1-4-11-14-13(15)10-8-6-5-7-9-12(2)3;1-11(2)7-5-3-4-6-8-12-13-9-10-14-12;2*1-10(2)8-6-4-5-7-9-11(3)12;1-9(2)7-5-3-4-6-8-10(11)12;2*1-8(2)6-4-5-7-9(3)10/h12H,4-11H2,1-3H3,(H,14,15);11H,3-10H2,1-2H3;2*10H,4-9H2,1-3H3;9H,3-8H2,1-2H3,(H2,11,12);2*8H,4-7H2,1-3H3. The van der Waals surface area contributed by atoms with Crippen molar-refractivity contribution in [2.45, 2.75) is 382 Å². The second kappa shape index (κ2) is 73.6. The lowest BCUT2D eigenvalue weighted by atomic mass is 10.0. The molecule has 85 heavy (non-hydrogen) atoms. The van der Waals surface area contributed by atoms with E-state index in [1.54, 1.807) is 27.7 Å². The molecule has 10 nitrogen and oxygen atoms in total. The summed E-state index contributed by atoms with van der Waals surface area (Å²) >= 11 is 0. The fourth-order valence-corrected chi connectivity index (χ4v) is 8.88. The van der Waals surface area contributed by atoms with Gasteiger partial charge < -0.3 is 35.0 Å². The zero-order chi connectivity index (χ0) is 65.9. The van der Waals surface area contributed by atoms with E-state index in [1.165, 1.54) is 154 Å². The Morgan fingerprint density at radius 1 is 0.376 bits per heavy atom. The van der Waals surface area contributed by atoms with Gasteiger partial charge in [0.1, 0.15) is 29.7 Å². The van der Waals surface area contributed by atoms with Crippen LogP contribution in [-0.2, 0) is 33.5 Å². The Bertz CT molecular complexity index is 1390. The number of carbonyl (C=O) groups excluding carboxylic acids is 6. The summed E-state index contributed by atoms with van der Waals surface area (Å²) in [4.78, 5) is 68.0. The molecule has 1 rings (SSSR count). The largest absolute Gasteiger partial charge is 0.479 e. The minimum absolute atomic E-state index is 0.168. The average molecular weight is 1210 g/mol. The quantitative estimate of drug-likeness (QED) is 0.0573. The molecule has 1 aliphatic rings. The average Bonchev–Trinajstić information content (AvgIpc) is 3.93. The Kier molecular flexibility index (Phi) is 80.7. The topological polar surface area (TPSA) is 162 Å². The van der Waals surface area contributed by atoms with Crippen molar-refractivity contribution in [1.29, 1.82) is 0 Å². The van der Waals surface area contributed by atoms with E-state index in [0.717, 1.165) is 150 Å². The zero-order valence-corrected chi connectivity index (χ0v) is 60.6. The summed E-state index contributed by atoms with van der Waals surface area (Å²) in [7, 11) is 0. The van der Waals surface area contributed by atoms with Crippen LogP contribution in [0.2, 0.25) is 0 Å². The third-order valence-electron chi connectivity index (χ3n) is 14.3. The van der Waals surface area contributed by atoms with Gasteiger partial charge in [-0.05, 0) is 120 Å². The summed E-state index contributed by atoms with van der Waals surface area (Å²) in [6.45, 7) is 42.8. The van der Waals surface area contributed by atoms with Crippen LogP contribution in [-0.4, -0.2) is 60.5 Å². The Morgan fingerprint density at radius 3 is 0.871 bits per heavy atom. The number of hydrogen-bond donors (Lipinski definition) is 2. The summed E-state index contributed by atoms with van der Waals surface area (Å²) < 4.78 is 5.35. The first-order valence-electron chi connectivity index (χ1n) is 35.8. The van der Waals surface area contributed by atoms with Gasteiger partial charge in [-0.15, -0.1) is 0 Å². The summed E-state index contributed by atoms with van der Waals surface area (Å²) in [5.74, 6) is 8.07. The Morgan fingerprint density at radius 2 is 0.624 bits per heavy atom. The minimum Gasteiger partial charge on any atom is -0.479 e. The van der Waals surface area contributed by atoms with Crippen LogP contribution in [0, 0.1) is 41.4 Å². The SMILES string of the molecule is CC(=O)CCCCC(C)C.CC(=O)CCCCC(C)C.CC(=O)CCCCCCC(C)C.CC(=O)CCCCCCC(C)C.CC(C)CCCCCCC(N)=O.CC(C)CCCCCCC1=NCCO1.CCCNC(=O)CCCCCCC(C)C. The van der Waals surface area contributed by atoms with Crippen LogP contribution < -0.4 is 11.1 Å². The van der Waals surface area contributed by atoms with Gasteiger partial charge in [0.05, 0.1) is 6.54 Å². The number of ketones is 4. The van der Waals surface area contributed by atoms with Crippen molar-refractivity contribution < 1.29 is 33.5 Å². The van der Waals surface area contributed by atoms with E-state index < -0.39 is 0 Å². The lowest BCUT2D eigenvalue weighted by Gasteiger charge is -2.05. The third-order valence-corrected chi connectivity index (χ3v) is 14.3. The Balaban J connectivity index is -0.000000215. The number of hydrogen-bond acceptors (Lipinski definition) is 8. The van der Waals surface area contributed by atoms with E-state index in [4.69, 9.17) is 10.5 Å². The highest BCUT2D eigenvalue weighted by molar-refractivity contribution is 5.77. The highest BCUT2D eigenvalue weighted by Crippen LogP contribution is 2.15. The molecule has 0 fully saturated rings. The molecule has 0 radical (unpaired) electrons. The van der Waals surface area contributed by atoms with Gasteiger partial charge in [-0.3, -0.25) is 14.6 Å². The summed E-state index contributed by atoms with van der Waals surface area (Å²) in [5.41, 5.74) is 5.02. The molecule has 0 spiro atoms. The number of nitrogens with one attached hydrogen (secondary N) is 1. The molecular weight excluding hydrogens is 1050 g/mol. The predicted octanol–water partition coefficient (Wildman–Crippen LogP) is 22.1. The van der Waals surface area contributed by atoms with Gasteiger partial charge in [0.15, 0.2) is 5.90 Å². The third kappa shape index (κ3) is 113. The number of carbonyl (C=O) groups is 6. The molecule has 508 valence electrons. The van der Waals surface area contributed by atoms with Crippen molar-refractivity contribution in [3.05, 3.63) is 0 Å². The van der Waals surface area contributed by atoms with Gasteiger partial charge in [0.2, 0.25) is 11.8 Å². The van der Waals surface area contributed by atoms with E-state index in [2.05, 4.69) is 114 Å². The lowest BCUT2D eigenvalue weighted by Crippen LogP contribution is -2.23. The maximum atomic E-state index is 11.2. The lowest BCUT2D eigenvalue weighted by molar-refractivity contribution is -0.121. The molecule has 0 aromatic heterocycles. The Labute approximate surface area is 531 Å². The minimum atomic E-state index is -0.168. The molecule has 0 aromatic carbocycles. The number of aliphatic imine (C=N–C) groups is 1. The first-order valence-corrected chi connectivity index (χ1v) is 35.8. The first-order chi connectivity index (χ1) is 40.1. The fraction of sp³-hybridized carbons (Fsp3) is 0.907. The normalized spacial score (nSPS) is 11.4. The number of unbranched alkanes of at least 4 members (excludes halogenated alkanes) is 17. The molecule has 0 bridgehead atoms. The van der Waals surface area contributed by atoms with Crippen LogP contribution in [0.15, 0.2) is 4.99 Å². The van der Waals surface area contributed by atoms with E-state index in [1.807, 2.05) is 0 Å². The van der Waals surface area contributed by atoms with Crippen molar-refractivity contribution in [2.24, 2.45) is 52.2 Å². The molecule has 0 atom stereocenters. The zero-order valence-electron chi connectivity index (χ0n) is 60.6. The van der Waals surface area contributed by atoms with Gasteiger partial charge in [-0.25, -0.2) is 0 Å². The van der Waals surface area contributed by atoms with Crippen molar-refractivity contribution in [1.82, 2.24) is 5.32 Å². The number of ether oxygens (including phenoxy) is 1. The van der Waals surface area contributed by atoms with Crippen LogP contribution in [0.25, 0.3) is 0 Å². The second-order valence-electron chi connectivity index (χ2n) is 27.8. The van der Waals surface area contributed by atoms with Gasteiger partial charge in [-0.2, -0.15) is 0 Å². The molecule has 0 aromatic rings. The van der Waals surface area contributed by atoms with Crippen LogP contribution in [0.5, 0.6) is 0 Å². The number of primary amides is 1. The van der Waals surface area contributed by atoms with Crippen molar-refractivity contribution >= 4 is 40.8 Å². The van der Waals surface area contributed by atoms with E-state index >= 15 is 0 Å². The van der Waals surface area contributed by atoms with Crippen LogP contribution in [0.4, 0.5) is 0 Å². The Hall–Kier alpha value is -2.91. The monoisotopic (exact) mass is 1210 g/mol. The molecule has 0 unspecified atom stereocenters. The molecule has 0 saturated heterocycles. The highest BCUT2D eigenvalue weighted by Gasteiger charge is 2.07.